The van der Waals surface area contributed by atoms with E-state index in [0.29, 0.717) is 5.02 Å². The van der Waals surface area contributed by atoms with Crippen molar-refractivity contribution in [1.82, 2.24) is 4.31 Å². The van der Waals surface area contributed by atoms with Crippen LogP contribution in [0.3, 0.4) is 0 Å². The standard InChI is InChI=1S/C9H11Cl2NO2S/c1-7(12(2)15(11,13)14)8-3-5-9(10)6-4-8/h3-7H,1-2H3. The van der Waals surface area contributed by atoms with E-state index in [1.807, 2.05) is 0 Å². The van der Waals surface area contributed by atoms with E-state index < -0.39 is 9.24 Å². The summed E-state index contributed by atoms with van der Waals surface area (Å²) in [5, 5.41) is 0.613. The third-order valence-electron chi connectivity index (χ3n) is 2.24. The van der Waals surface area contributed by atoms with Crippen LogP contribution in [0, 0.1) is 0 Å². The molecule has 84 valence electrons. The summed E-state index contributed by atoms with van der Waals surface area (Å²) >= 11 is 5.73. The zero-order valence-corrected chi connectivity index (χ0v) is 10.6. The Morgan fingerprint density at radius 1 is 1.27 bits per heavy atom. The molecule has 0 bridgehead atoms. The molecule has 0 amide bonds. The molecule has 3 nitrogen and oxygen atoms in total. The molecular weight excluding hydrogens is 257 g/mol. The highest BCUT2D eigenvalue weighted by molar-refractivity contribution is 8.11. The molecule has 1 aromatic rings. The molecule has 0 saturated carbocycles. The van der Waals surface area contributed by atoms with Crippen molar-refractivity contribution < 1.29 is 8.42 Å². The van der Waals surface area contributed by atoms with Crippen molar-refractivity contribution in [1.29, 1.82) is 0 Å². The lowest BCUT2D eigenvalue weighted by molar-refractivity contribution is 0.408. The minimum Gasteiger partial charge on any atom is -0.195 e. The minimum absolute atomic E-state index is 0.315. The highest BCUT2D eigenvalue weighted by atomic mass is 35.7. The SMILES string of the molecule is CC(c1ccc(Cl)cc1)N(C)S(=O)(=O)Cl. The first-order chi connectivity index (χ1) is 6.82. The van der Waals surface area contributed by atoms with Crippen LogP contribution in [0.15, 0.2) is 24.3 Å². The Labute approximate surface area is 99.2 Å². The lowest BCUT2D eigenvalue weighted by Crippen LogP contribution is -2.25. The van der Waals surface area contributed by atoms with Gasteiger partial charge in [-0.05, 0) is 24.6 Å². The molecule has 15 heavy (non-hydrogen) atoms. The highest BCUT2D eigenvalue weighted by Gasteiger charge is 2.21. The monoisotopic (exact) mass is 267 g/mol. The first-order valence-electron chi connectivity index (χ1n) is 4.25. The van der Waals surface area contributed by atoms with Crippen molar-refractivity contribution >= 4 is 31.5 Å². The molecule has 1 rings (SSSR count). The number of rotatable bonds is 3. The van der Waals surface area contributed by atoms with Gasteiger partial charge in [-0.25, -0.2) is 0 Å². The molecule has 0 aliphatic carbocycles. The molecule has 0 saturated heterocycles. The maximum absolute atomic E-state index is 11.1. The molecule has 1 atom stereocenters. The van der Waals surface area contributed by atoms with Crippen LogP contribution in [0.1, 0.15) is 18.5 Å². The van der Waals surface area contributed by atoms with Crippen LogP contribution < -0.4 is 0 Å². The van der Waals surface area contributed by atoms with Crippen molar-refractivity contribution in [3.05, 3.63) is 34.9 Å². The molecule has 6 heteroatoms. The zero-order chi connectivity index (χ0) is 11.6. The lowest BCUT2D eigenvalue weighted by Gasteiger charge is -2.21. The summed E-state index contributed by atoms with van der Waals surface area (Å²) in [6.45, 7) is 1.75. The number of hydrogen-bond donors (Lipinski definition) is 0. The van der Waals surface area contributed by atoms with Gasteiger partial charge in [0.25, 0.3) is 9.24 Å². The molecule has 0 heterocycles. The summed E-state index contributed by atoms with van der Waals surface area (Å²) in [5.74, 6) is 0. The third kappa shape index (κ3) is 3.34. The predicted octanol–water partition coefficient (Wildman–Crippen LogP) is 2.82. The van der Waals surface area contributed by atoms with Gasteiger partial charge in [-0.1, -0.05) is 23.7 Å². The van der Waals surface area contributed by atoms with Gasteiger partial charge in [0.2, 0.25) is 0 Å². The highest BCUT2D eigenvalue weighted by Crippen LogP contribution is 2.24. The molecule has 0 aromatic heterocycles. The molecule has 0 spiro atoms. The van der Waals surface area contributed by atoms with Crippen LogP contribution in [0.5, 0.6) is 0 Å². The molecular formula is C9H11Cl2NO2S. The Bertz CT molecular complexity index is 430. The van der Waals surface area contributed by atoms with Crippen molar-refractivity contribution in [2.75, 3.05) is 7.05 Å². The number of benzene rings is 1. The second-order valence-corrected chi connectivity index (χ2v) is 6.19. The van der Waals surface area contributed by atoms with Crippen molar-refractivity contribution in [3.8, 4) is 0 Å². The molecule has 0 aliphatic rings. The van der Waals surface area contributed by atoms with Crippen LogP contribution in [-0.2, 0) is 9.24 Å². The summed E-state index contributed by atoms with van der Waals surface area (Å²) in [7, 11) is 2.98. The van der Waals surface area contributed by atoms with Gasteiger partial charge < -0.3 is 0 Å². The lowest BCUT2D eigenvalue weighted by atomic mass is 10.1. The van der Waals surface area contributed by atoms with Crippen LogP contribution >= 0.6 is 22.3 Å². The van der Waals surface area contributed by atoms with Crippen molar-refractivity contribution in [2.45, 2.75) is 13.0 Å². The average molecular weight is 268 g/mol. The van der Waals surface area contributed by atoms with E-state index in [-0.39, 0.29) is 6.04 Å². The van der Waals surface area contributed by atoms with Crippen molar-refractivity contribution in [3.63, 3.8) is 0 Å². The normalized spacial score (nSPS) is 14.2. The summed E-state index contributed by atoms with van der Waals surface area (Å²) in [5.41, 5.74) is 0.839. The van der Waals surface area contributed by atoms with E-state index in [4.69, 9.17) is 22.3 Å². The van der Waals surface area contributed by atoms with Gasteiger partial charge in [-0.3, -0.25) is 0 Å². The maximum atomic E-state index is 11.1. The third-order valence-corrected chi connectivity index (χ3v) is 4.15. The average Bonchev–Trinajstić information content (AvgIpc) is 2.15. The predicted molar refractivity (Wildman–Crippen MR) is 62.4 cm³/mol. The van der Waals surface area contributed by atoms with E-state index in [2.05, 4.69) is 0 Å². The van der Waals surface area contributed by atoms with E-state index in [1.165, 1.54) is 7.05 Å². The molecule has 0 N–H and O–H groups in total. The summed E-state index contributed by atoms with van der Waals surface area (Å²) in [6.07, 6.45) is 0. The fourth-order valence-electron chi connectivity index (χ4n) is 1.14. The number of halogens is 2. The van der Waals surface area contributed by atoms with Gasteiger partial charge in [-0.15, -0.1) is 0 Å². The summed E-state index contributed by atoms with van der Waals surface area (Å²) < 4.78 is 23.3. The van der Waals surface area contributed by atoms with Gasteiger partial charge in [0, 0.05) is 28.8 Å². The Morgan fingerprint density at radius 2 is 1.73 bits per heavy atom. The van der Waals surface area contributed by atoms with Gasteiger partial charge in [0.15, 0.2) is 0 Å². The van der Waals surface area contributed by atoms with Crippen LogP contribution in [0.25, 0.3) is 0 Å². The summed E-state index contributed by atoms with van der Waals surface area (Å²) in [4.78, 5) is 0. The molecule has 1 unspecified atom stereocenters. The smallest absolute Gasteiger partial charge is 0.195 e. The number of hydrogen-bond acceptors (Lipinski definition) is 2. The Hall–Kier alpha value is -0.290. The fraction of sp³-hybridized carbons (Fsp3) is 0.333. The molecule has 1 aromatic carbocycles. The van der Waals surface area contributed by atoms with E-state index in [9.17, 15) is 8.42 Å². The Balaban J connectivity index is 2.95. The first kappa shape index (κ1) is 12.8. The molecule has 0 aliphatic heterocycles. The van der Waals surface area contributed by atoms with Crippen LogP contribution in [0.2, 0.25) is 5.02 Å². The fourth-order valence-corrected chi connectivity index (χ4v) is 2.12. The molecule has 0 radical (unpaired) electrons. The maximum Gasteiger partial charge on any atom is 0.300 e. The van der Waals surface area contributed by atoms with Crippen LogP contribution in [-0.4, -0.2) is 19.8 Å². The summed E-state index contributed by atoms with van der Waals surface area (Å²) in [6, 6.07) is 6.64. The minimum atomic E-state index is -3.69. The topological polar surface area (TPSA) is 37.4 Å². The van der Waals surface area contributed by atoms with Gasteiger partial charge in [0.1, 0.15) is 0 Å². The van der Waals surface area contributed by atoms with Gasteiger partial charge >= 0.3 is 0 Å². The quantitative estimate of drug-likeness (QED) is 0.790. The van der Waals surface area contributed by atoms with Gasteiger partial charge in [-0.2, -0.15) is 12.7 Å². The van der Waals surface area contributed by atoms with Gasteiger partial charge in [0.05, 0.1) is 0 Å². The second kappa shape index (κ2) is 4.70. The Kier molecular flexibility index (Phi) is 4.00. The first-order valence-corrected chi connectivity index (χ1v) is 6.90. The Morgan fingerprint density at radius 3 is 2.13 bits per heavy atom. The number of nitrogens with zero attached hydrogens (tertiary/aromatic N) is 1. The molecule has 0 fully saturated rings. The zero-order valence-electron chi connectivity index (χ0n) is 8.31. The second-order valence-electron chi connectivity index (χ2n) is 3.19. The van der Waals surface area contributed by atoms with Crippen molar-refractivity contribution in [2.24, 2.45) is 0 Å². The van der Waals surface area contributed by atoms with Crippen LogP contribution in [0.4, 0.5) is 0 Å². The van der Waals surface area contributed by atoms with E-state index in [1.54, 1.807) is 31.2 Å². The van der Waals surface area contributed by atoms with E-state index in [0.717, 1.165) is 9.87 Å². The van der Waals surface area contributed by atoms with E-state index >= 15 is 0 Å². The largest absolute Gasteiger partial charge is 0.300 e.